The summed E-state index contributed by atoms with van der Waals surface area (Å²) in [5.74, 6) is 0.0374. The molecule has 0 aliphatic carbocycles. The van der Waals surface area contributed by atoms with Gasteiger partial charge in [-0.2, -0.15) is 0 Å². The van der Waals surface area contributed by atoms with Gasteiger partial charge in [-0.05, 0) is 39.4 Å². The number of carboxylic acids is 1. The van der Waals surface area contributed by atoms with Gasteiger partial charge in [0.25, 0.3) is 0 Å². The minimum Gasteiger partial charge on any atom is -0.481 e. The summed E-state index contributed by atoms with van der Waals surface area (Å²) in [6, 6.07) is 0.652. The van der Waals surface area contributed by atoms with Crippen LogP contribution in [-0.2, 0) is 4.79 Å². The molecule has 0 bridgehead atoms. The van der Waals surface area contributed by atoms with E-state index in [1.54, 1.807) is 0 Å². The van der Waals surface area contributed by atoms with Crippen molar-refractivity contribution in [2.75, 3.05) is 33.7 Å². The molecular formula is C12H24N2O2. The van der Waals surface area contributed by atoms with Crippen LogP contribution in [0.5, 0.6) is 0 Å². The van der Waals surface area contributed by atoms with Gasteiger partial charge in [0.05, 0.1) is 0 Å². The maximum absolute atomic E-state index is 10.4. The van der Waals surface area contributed by atoms with Gasteiger partial charge < -0.3 is 14.9 Å². The van der Waals surface area contributed by atoms with Crippen LogP contribution in [-0.4, -0.2) is 60.6 Å². The first-order valence-electron chi connectivity index (χ1n) is 6.11. The fourth-order valence-electron chi connectivity index (χ4n) is 2.51. The van der Waals surface area contributed by atoms with Crippen LogP contribution >= 0.6 is 0 Å². The van der Waals surface area contributed by atoms with E-state index in [-0.39, 0.29) is 0 Å². The average molecular weight is 228 g/mol. The number of aliphatic carboxylic acids is 1. The van der Waals surface area contributed by atoms with Crippen LogP contribution in [0.4, 0.5) is 0 Å². The van der Waals surface area contributed by atoms with Gasteiger partial charge in [0, 0.05) is 25.6 Å². The van der Waals surface area contributed by atoms with Crippen molar-refractivity contribution in [2.24, 2.45) is 5.92 Å². The van der Waals surface area contributed by atoms with Crippen molar-refractivity contribution < 1.29 is 9.90 Å². The Morgan fingerprint density at radius 3 is 2.56 bits per heavy atom. The van der Waals surface area contributed by atoms with Crippen molar-refractivity contribution in [1.82, 2.24) is 9.80 Å². The first kappa shape index (κ1) is 13.5. The maximum Gasteiger partial charge on any atom is 0.303 e. The van der Waals surface area contributed by atoms with Crippen LogP contribution in [0.2, 0.25) is 0 Å². The Kier molecular flexibility index (Phi) is 5.22. The fourth-order valence-corrected chi connectivity index (χ4v) is 2.51. The number of unbranched alkanes of at least 4 members (excludes halogenated alkanes) is 1. The van der Waals surface area contributed by atoms with Crippen molar-refractivity contribution >= 4 is 5.97 Å². The second-order valence-corrected chi connectivity index (χ2v) is 5.12. The van der Waals surface area contributed by atoms with Gasteiger partial charge in [-0.15, -0.1) is 0 Å². The number of hydrogen-bond acceptors (Lipinski definition) is 3. The molecule has 2 atom stereocenters. The number of likely N-dealkylation sites (tertiary alicyclic amines) is 1. The van der Waals surface area contributed by atoms with E-state index < -0.39 is 5.97 Å². The summed E-state index contributed by atoms with van der Waals surface area (Å²) in [4.78, 5) is 15.1. The molecule has 0 aromatic heterocycles. The van der Waals surface area contributed by atoms with Gasteiger partial charge in [0.2, 0.25) is 0 Å². The second-order valence-electron chi connectivity index (χ2n) is 5.12. The fraction of sp³-hybridized carbons (Fsp3) is 0.917. The summed E-state index contributed by atoms with van der Waals surface area (Å²) in [6.07, 6.45) is 2.10. The molecule has 4 heteroatoms. The standard InChI is InChI=1S/C12H24N2O2/c1-10-8-14(9-11(10)13(2)3)7-5-4-6-12(15)16/h10-11H,4-9H2,1-3H3,(H,15,16). The lowest BCUT2D eigenvalue weighted by atomic mass is 10.1. The number of rotatable bonds is 6. The Hall–Kier alpha value is -0.610. The lowest BCUT2D eigenvalue weighted by molar-refractivity contribution is -0.137. The Labute approximate surface area is 98.2 Å². The van der Waals surface area contributed by atoms with Gasteiger partial charge >= 0.3 is 5.97 Å². The minimum absolute atomic E-state index is 0.306. The number of hydrogen-bond donors (Lipinski definition) is 1. The van der Waals surface area contributed by atoms with E-state index in [0.29, 0.717) is 12.5 Å². The van der Waals surface area contributed by atoms with E-state index in [1.807, 2.05) is 0 Å². The van der Waals surface area contributed by atoms with Gasteiger partial charge in [0.1, 0.15) is 0 Å². The number of likely N-dealkylation sites (N-methyl/N-ethyl adjacent to an activating group) is 1. The van der Waals surface area contributed by atoms with Crippen molar-refractivity contribution in [2.45, 2.75) is 32.2 Å². The summed E-state index contributed by atoms with van der Waals surface area (Å²) in [5.41, 5.74) is 0. The molecule has 1 heterocycles. The number of carboxylic acid groups (broad SMARTS) is 1. The summed E-state index contributed by atoms with van der Waals surface area (Å²) in [6.45, 7) is 5.61. The monoisotopic (exact) mass is 228 g/mol. The first-order chi connectivity index (χ1) is 7.50. The third kappa shape index (κ3) is 4.10. The smallest absolute Gasteiger partial charge is 0.303 e. The lowest BCUT2D eigenvalue weighted by Gasteiger charge is -2.22. The highest BCUT2D eigenvalue weighted by molar-refractivity contribution is 5.66. The van der Waals surface area contributed by atoms with E-state index in [9.17, 15) is 4.79 Å². The zero-order valence-corrected chi connectivity index (χ0v) is 10.6. The van der Waals surface area contributed by atoms with Crippen LogP contribution in [0.15, 0.2) is 0 Å². The summed E-state index contributed by atoms with van der Waals surface area (Å²) < 4.78 is 0. The van der Waals surface area contributed by atoms with Crippen LogP contribution in [0, 0.1) is 5.92 Å². The summed E-state index contributed by atoms with van der Waals surface area (Å²) >= 11 is 0. The third-order valence-corrected chi connectivity index (χ3v) is 3.43. The molecule has 2 unspecified atom stereocenters. The topological polar surface area (TPSA) is 43.8 Å². The number of carbonyl (C=O) groups is 1. The quantitative estimate of drug-likeness (QED) is 0.692. The van der Waals surface area contributed by atoms with Crippen molar-refractivity contribution in [3.63, 3.8) is 0 Å². The Morgan fingerprint density at radius 1 is 1.38 bits per heavy atom. The molecule has 0 spiro atoms. The van der Waals surface area contributed by atoms with Gasteiger partial charge in [-0.1, -0.05) is 6.92 Å². The zero-order chi connectivity index (χ0) is 12.1. The molecule has 0 amide bonds. The van der Waals surface area contributed by atoms with Crippen LogP contribution in [0.3, 0.4) is 0 Å². The molecule has 0 saturated carbocycles. The summed E-state index contributed by atoms with van der Waals surface area (Å²) in [5, 5.41) is 8.54. The predicted molar refractivity (Wildman–Crippen MR) is 64.6 cm³/mol. The molecule has 1 aliphatic rings. The molecule has 0 aromatic carbocycles. The molecular weight excluding hydrogens is 204 g/mol. The molecule has 1 N–H and O–H groups in total. The molecule has 1 fully saturated rings. The van der Waals surface area contributed by atoms with Gasteiger partial charge in [-0.25, -0.2) is 0 Å². The second kappa shape index (κ2) is 6.21. The van der Waals surface area contributed by atoms with E-state index in [0.717, 1.165) is 38.4 Å². The first-order valence-corrected chi connectivity index (χ1v) is 6.11. The molecule has 0 aromatic rings. The Balaban J connectivity index is 2.18. The zero-order valence-electron chi connectivity index (χ0n) is 10.6. The largest absolute Gasteiger partial charge is 0.481 e. The normalized spacial score (nSPS) is 26.5. The van der Waals surface area contributed by atoms with E-state index in [4.69, 9.17) is 5.11 Å². The maximum atomic E-state index is 10.4. The highest BCUT2D eigenvalue weighted by Gasteiger charge is 2.30. The van der Waals surface area contributed by atoms with Gasteiger partial charge in [-0.3, -0.25) is 4.79 Å². The van der Waals surface area contributed by atoms with E-state index >= 15 is 0 Å². The predicted octanol–water partition coefficient (Wildman–Crippen LogP) is 1.12. The highest BCUT2D eigenvalue weighted by atomic mass is 16.4. The minimum atomic E-state index is -0.680. The molecule has 94 valence electrons. The van der Waals surface area contributed by atoms with Gasteiger partial charge in [0.15, 0.2) is 0 Å². The molecule has 4 nitrogen and oxygen atoms in total. The third-order valence-electron chi connectivity index (χ3n) is 3.43. The van der Waals surface area contributed by atoms with Crippen molar-refractivity contribution in [1.29, 1.82) is 0 Å². The van der Waals surface area contributed by atoms with E-state index in [1.165, 1.54) is 0 Å². The van der Waals surface area contributed by atoms with Crippen molar-refractivity contribution in [3.8, 4) is 0 Å². The molecule has 16 heavy (non-hydrogen) atoms. The molecule has 1 aliphatic heterocycles. The molecule has 0 radical (unpaired) electrons. The summed E-state index contributed by atoms with van der Waals surface area (Å²) in [7, 11) is 4.27. The Morgan fingerprint density at radius 2 is 2.06 bits per heavy atom. The number of nitrogens with zero attached hydrogens (tertiary/aromatic N) is 2. The highest BCUT2D eigenvalue weighted by Crippen LogP contribution is 2.20. The average Bonchev–Trinajstić information content (AvgIpc) is 2.54. The Bertz CT molecular complexity index is 231. The van der Waals surface area contributed by atoms with Crippen LogP contribution in [0.25, 0.3) is 0 Å². The van der Waals surface area contributed by atoms with Crippen LogP contribution < -0.4 is 0 Å². The SMILES string of the molecule is CC1CN(CCCCC(=O)O)CC1N(C)C. The van der Waals surface area contributed by atoms with Crippen LogP contribution in [0.1, 0.15) is 26.2 Å². The molecule has 1 saturated heterocycles. The molecule has 1 rings (SSSR count). The van der Waals surface area contributed by atoms with Crippen molar-refractivity contribution in [3.05, 3.63) is 0 Å². The van der Waals surface area contributed by atoms with E-state index in [2.05, 4.69) is 30.8 Å². The lowest BCUT2D eigenvalue weighted by Crippen LogP contribution is -2.34.